The molecule has 0 unspecified atom stereocenters. The molecule has 38 heavy (non-hydrogen) atoms. The lowest BCUT2D eigenvalue weighted by molar-refractivity contribution is -0.163. The summed E-state index contributed by atoms with van der Waals surface area (Å²) in [5.74, 6) is -0.639. The number of nitrogens with one attached hydrogen (secondary N) is 1. The zero-order valence-corrected chi connectivity index (χ0v) is 22.6. The lowest BCUT2D eigenvalue weighted by Crippen LogP contribution is -2.69. The second-order valence-corrected chi connectivity index (χ2v) is 10.8. The van der Waals surface area contributed by atoms with Crippen LogP contribution in [0.1, 0.15) is 55.1 Å². The van der Waals surface area contributed by atoms with Gasteiger partial charge in [0.2, 0.25) is 17.7 Å². The van der Waals surface area contributed by atoms with Crippen LogP contribution in [0.2, 0.25) is 0 Å². The van der Waals surface area contributed by atoms with Gasteiger partial charge in [-0.25, -0.2) is 0 Å². The van der Waals surface area contributed by atoms with Crippen molar-refractivity contribution in [2.45, 2.75) is 64.6 Å². The average Bonchev–Trinajstić information content (AvgIpc) is 3.38. The van der Waals surface area contributed by atoms with E-state index in [0.29, 0.717) is 31.9 Å². The first kappa shape index (κ1) is 26.4. The van der Waals surface area contributed by atoms with Gasteiger partial charge in [-0.2, -0.15) is 0 Å². The summed E-state index contributed by atoms with van der Waals surface area (Å²) in [7, 11) is 0. The third-order valence-electron chi connectivity index (χ3n) is 8.52. The molecule has 2 fully saturated rings. The highest BCUT2D eigenvalue weighted by Crippen LogP contribution is 2.37. The van der Waals surface area contributed by atoms with Gasteiger partial charge in [0.15, 0.2) is 0 Å². The van der Waals surface area contributed by atoms with Crippen LogP contribution in [-0.4, -0.2) is 70.9 Å². The number of rotatable bonds is 7. The van der Waals surface area contributed by atoms with E-state index in [1.54, 1.807) is 16.0 Å². The monoisotopic (exact) mass is 518 g/mol. The lowest BCUT2D eigenvalue weighted by Gasteiger charge is -2.47. The summed E-state index contributed by atoms with van der Waals surface area (Å²) in [5.41, 5.74) is 3.90. The number of aromatic nitrogens is 1. The van der Waals surface area contributed by atoms with Crippen LogP contribution in [0.5, 0.6) is 0 Å². The minimum absolute atomic E-state index is 0.0516. The molecule has 202 valence electrons. The van der Waals surface area contributed by atoms with Gasteiger partial charge in [-0.15, -0.1) is 0 Å². The number of ether oxygens (including phenoxy) is 1. The van der Waals surface area contributed by atoms with E-state index in [0.717, 1.165) is 31.4 Å². The molecule has 0 bridgehead atoms. The maximum atomic E-state index is 14.5. The van der Waals surface area contributed by atoms with Crippen LogP contribution in [0.25, 0.3) is 0 Å². The second-order valence-electron chi connectivity index (χ2n) is 10.8. The van der Waals surface area contributed by atoms with Gasteiger partial charge < -0.3 is 19.9 Å². The van der Waals surface area contributed by atoms with Crippen LogP contribution >= 0.6 is 0 Å². The van der Waals surface area contributed by atoms with Crippen molar-refractivity contribution in [3.8, 4) is 0 Å². The fourth-order valence-corrected chi connectivity index (χ4v) is 6.36. The Labute approximate surface area is 224 Å². The number of benzene rings is 1. The Hall–Kier alpha value is -3.26. The van der Waals surface area contributed by atoms with E-state index >= 15 is 0 Å². The molecule has 8 nitrogen and oxygen atoms in total. The van der Waals surface area contributed by atoms with Crippen LogP contribution in [-0.2, 0) is 32.0 Å². The molecular weight excluding hydrogens is 480 g/mol. The SMILES string of the molecule is CCC(CC)[C@@H]1C(=O)N[C@H](C2Cc3ccccc3C2)C(=O)N1[C@@H](C(=O)N1CCOCC1)c1ccc(C)nc1. The van der Waals surface area contributed by atoms with Gasteiger partial charge in [0.1, 0.15) is 18.1 Å². The van der Waals surface area contributed by atoms with Crippen molar-refractivity contribution in [3.05, 3.63) is 65.0 Å². The summed E-state index contributed by atoms with van der Waals surface area (Å²) in [6.07, 6.45) is 4.59. The van der Waals surface area contributed by atoms with Crippen molar-refractivity contribution in [1.82, 2.24) is 20.1 Å². The first-order valence-corrected chi connectivity index (χ1v) is 13.9. The highest BCUT2D eigenvalue weighted by Gasteiger charge is 2.51. The van der Waals surface area contributed by atoms with Gasteiger partial charge in [-0.05, 0) is 48.8 Å². The minimum atomic E-state index is -0.920. The maximum absolute atomic E-state index is 14.5. The van der Waals surface area contributed by atoms with Gasteiger partial charge in [-0.1, -0.05) is 57.0 Å². The van der Waals surface area contributed by atoms with Crippen LogP contribution in [0.15, 0.2) is 42.6 Å². The van der Waals surface area contributed by atoms with Gasteiger partial charge >= 0.3 is 0 Å². The Morgan fingerprint density at radius 3 is 2.29 bits per heavy atom. The van der Waals surface area contributed by atoms with E-state index in [4.69, 9.17) is 4.74 Å². The average molecular weight is 519 g/mol. The van der Waals surface area contributed by atoms with E-state index < -0.39 is 18.1 Å². The van der Waals surface area contributed by atoms with Crippen molar-refractivity contribution in [2.75, 3.05) is 26.3 Å². The number of amides is 3. The third kappa shape index (κ3) is 4.94. The Balaban J connectivity index is 1.57. The van der Waals surface area contributed by atoms with Crippen molar-refractivity contribution in [3.63, 3.8) is 0 Å². The van der Waals surface area contributed by atoms with Crippen LogP contribution in [0, 0.1) is 18.8 Å². The summed E-state index contributed by atoms with van der Waals surface area (Å²) in [5, 5.41) is 3.12. The highest BCUT2D eigenvalue weighted by molar-refractivity contribution is 6.00. The predicted molar refractivity (Wildman–Crippen MR) is 143 cm³/mol. The molecule has 3 aliphatic rings. The first-order valence-electron chi connectivity index (χ1n) is 13.9. The summed E-state index contributed by atoms with van der Waals surface area (Å²) < 4.78 is 5.49. The van der Waals surface area contributed by atoms with Crippen LogP contribution in [0.3, 0.4) is 0 Å². The topological polar surface area (TPSA) is 91.8 Å². The molecule has 3 heterocycles. The number of carbonyl (C=O) groups is 3. The summed E-state index contributed by atoms with van der Waals surface area (Å²) in [6, 6.07) is 9.62. The second kappa shape index (κ2) is 11.2. The molecule has 3 atom stereocenters. The molecule has 0 saturated carbocycles. The quantitative estimate of drug-likeness (QED) is 0.609. The van der Waals surface area contributed by atoms with Gasteiger partial charge in [-0.3, -0.25) is 19.4 Å². The molecule has 2 aromatic rings. The molecule has 0 spiro atoms. The number of hydrogen-bond donors (Lipinski definition) is 1. The molecule has 0 radical (unpaired) electrons. The number of hydrogen-bond acceptors (Lipinski definition) is 5. The highest BCUT2D eigenvalue weighted by atomic mass is 16.5. The molecule has 1 aliphatic carbocycles. The fraction of sp³-hybridized carbons (Fsp3) is 0.533. The molecular formula is C30H38N4O4. The number of aryl methyl sites for hydroxylation is 1. The van der Waals surface area contributed by atoms with E-state index in [-0.39, 0.29) is 29.6 Å². The van der Waals surface area contributed by atoms with E-state index in [1.165, 1.54) is 11.1 Å². The summed E-state index contributed by atoms with van der Waals surface area (Å²) >= 11 is 0. The van der Waals surface area contributed by atoms with Crippen molar-refractivity contribution in [2.24, 2.45) is 11.8 Å². The number of piperazine rings is 1. The number of fused-ring (bicyclic) bond motifs is 1. The number of pyridine rings is 1. The Morgan fingerprint density at radius 2 is 1.71 bits per heavy atom. The summed E-state index contributed by atoms with van der Waals surface area (Å²) in [6.45, 7) is 7.80. The van der Waals surface area contributed by atoms with Gasteiger partial charge in [0.25, 0.3) is 0 Å². The maximum Gasteiger partial charge on any atom is 0.250 e. The molecule has 2 aliphatic heterocycles. The molecule has 5 rings (SSSR count). The molecule has 3 amide bonds. The lowest BCUT2D eigenvalue weighted by atomic mass is 9.84. The van der Waals surface area contributed by atoms with E-state index in [2.05, 4.69) is 22.4 Å². The third-order valence-corrected chi connectivity index (χ3v) is 8.52. The van der Waals surface area contributed by atoms with E-state index in [9.17, 15) is 14.4 Å². The Bertz CT molecular complexity index is 1150. The largest absolute Gasteiger partial charge is 0.378 e. The molecule has 2 saturated heterocycles. The number of morpholine rings is 1. The first-order chi connectivity index (χ1) is 18.4. The fourth-order valence-electron chi connectivity index (χ4n) is 6.36. The van der Waals surface area contributed by atoms with Crippen molar-refractivity contribution in [1.29, 1.82) is 0 Å². The molecule has 1 N–H and O–H groups in total. The standard InChI is InChI=1S/C30H38N4O4/c1-4-20(5-2)26-28(35)32-25(24-16-21-8-6-7-9-22(21)17-24)29(36)34(26)27(23-11-10-19(3)31-18-23)30(37)33-12-14-38-15-13-33/h6-11,18,20,24-27H,4-5,12-17H2,1-3H3,(H,32,35)/t25-,26-,27-/m1/s1. The van der Waals surface area contributed by atoms with Crippen molar-refractivity contribution >= 4 is 17.7 Å². The van der Waals surface area contributed by atoms with Gasteiger partial charge in [0, 0.05) is 30.5 Å². The normalized spacial score (nSPS) is 22.9. The Morgan fingerprint density at radius 1 is 1.05 bits per heavy atom. The molecule has 8 heteroatoms. The van der Waals surface area contributed by atoms with Crippen molar-refractivity contribution < 1.29 is 19.1 Å². The van der Waals surface area contributed by atoms with E-state index in [1.807, 2.05) is 45.0 Å². The predicted octanol–water partition coefficient (Wildman–Crippen LogP) is 2.84. The number of nitrogens with zero attached hydrogens (tertiary/aromatic N) is 3. The zero-order chi connectivity index (χ0) is 26.8. The number of carbonyl (C=O) groups excluding carboxylic acids is 3. The minimum Gasteiger partial charge on any atom is -0.378 e. The zero-order valence-electron chi connectivity index (χ0n) is 22.6. The van der Waals surface area contributed by atoms with Crippen LogP contribution in [0.4, 0.5) is 0 Å². The molecule has 1 aromatic heterocycles. The molecule has 1 aromatic carbocycles. The Kier molecular flexibility index (Phi) is 7.79. The smallest absolute Gasteiger partial charge is 0.250 e. The van der Waals surface area contributed by atoms with Crippen LogP contribution < -0.4 is 5.32 Å². The summed E-state index contributed by atoms with van der Waals surface area (Å²) in [4.78, 5) is 50.5. The van der Waals surface area contributed by atoms with Gasteiger partial charge in [0.05, 0.1) is 13.2 Å².